The Morgan fingerprint density at radius 3 is 2.87 bits per heavy atom. The fraction of sp³-hybridized carbons (Fsp3) is 0.182. The van der Waals surface area contributed by atoms with Crippen LogP contribution in [0, 0.1) is 6.92 Å². The first-order valence-electron chi connectivity index (χ1n) is 4.41. The number of benzene rings is 1. The van der Waals surface area contributed by atoms with Crippen LogP contribution in [-0.4, -0.2) is 16.8 Å². The van der Waals surface area contributed by atoms with E-state index in [0.29, 0.717) is 5.75 Å². The zero-order valence-electron chi connectivity index (χ0n) is 8.49. The number of nitrogen functional groups attached to an aromatic ring is 1. The van der Waals surface area contributed by atoms with E-state index in [1.807, 2.05) is 25.1 Å². The molecule has 0 amide bonds. The van der Waals surface area contributed by atoms with Crippen LogP contribution in [0.1, 0.15) is 5.56 Å². The lowest BCUT2D eigenvalue weighted by Gasteiger charge is -2.07. The molecule has 0 radical (unpaired) electrons. The van der Waals surface area contributed by atoms with Gasteiger partial charge in [0.25, 0.3) is 0 Å². The predicted molar refractivity (Wildman–Crippen MR) is 63.1 cm³/mol. The maximum atomic E-state index is 10.5. The van der Waals surface area contributed by atoms with Crippen LogP contribution in [0.15, 0.2) is 35.2 Å². The lowest BCUT2D eigenvalue weighted by molar-refractivity contribution is -0.132. The van der Waals surface area contributed by atoms with Gasteiger partial charge in [0.1, 0.15) is 0 Å². The van der Waals surface area contributed by atoms with E-state index in [9.17, 15) is 4.79 Å². The molecular formula is C11H13NO2S. The Morgan fingerprint density at radius 1 is 1.60 bits per heavy atom. The average Bonchev–Trinajstić information content (AvgIpc) is 2.19. The van der Waals surface area contributed by atoms with Crippen LogP contribution in [0.2, 0.25) is 0 Å². The molecule has 0 spiro atoms. The number of carbonyl (C=O) groups is 1. The standard InChI is InChI=1S/C11H13NO2S/c1-7(11(13)14)6-15-10-5-3-4-9(12)8(10)2/h3-5H,1,6,12H2,2H3,(H,13,14). The van der Waals surface area contributed by atoms with Gasteiger partial charge < -0.3 is 10.8 Å². The normalized spacial score (nSPS) is 9.93. The highest BCUT2D eigenvalue weighted by molar-refractivity contribution is 7.99. The molecule has 0 aliphatic carbocycles. The summed E-state index contributed by atoms with van der Waals surface area (Å²) in [4.78, 5) is 11.5. The van der Waals surface area contributed by atoms with Gasteiger partial charge in [0.2, 0.25) is 0 Å². The van der Waals surface area contributed by atoms with Gasteiger partial charge in [-0.1, -0.05) is 12.6 Å². The number of hydrogen-bond acceptors (Lipinski definition) is 3. The molecule has 1 aromatic carbocycles. The van der Waals surface area contributed by atoms with Crippen LogP contribution in [0.5, 0.6) is 0 Å². The SMILES string of the molecule is C=C(CSc1cccc(N)c1C)C(=O)O. The van der Waals surface area contributed by atoms with Crippen LogP contribution < -0.4 is 5.73 Å². The maximum absolute atomic E-state index is 10.5. The molecule has 0 aliphatic rings. The van der Waals surface area contributed by atoms with Gasteiger partial charge in [0.05, 0.1) is 0 Å². The van der Waals surface area contributed by atoms with Gasteiger partial charge in [-0.15, -0.1) is 11.8 Å². The number of anilines is 1. The first-order chi connectivity index (χ1) is 7.02. The highest BCUT2D eigenvalue weighted by atomic mass is 32.2. The van der Waals surface area contributed by atoms with Gasteiger partial charge in [-0.3, -0.25) is 0 Å². The number of hydrogen-bond donors (Lipinski definition) is 2. The van der Waals surface area contributed by atoms with E-state index in [-0.39, 0.29) is 5.57 Å². The quantitative estimate of drug-likeness (QED) is 0.467. The van der Waals surface area contributed by atoms with Gasteiger partial charge in [-0.05, 0) is 24.6 Å². The third-order valence-electron chi connectivity index (χ3n) is 2.03. The Balaban J connectivity index is 2.70. The molecule has 0 bridgehead atoms. The second kappa shape index (κ2) is 4.89. The molecule has 80 valence electrons. The number of aliphatic carboxylic acids is 1. The largest absolute Gasteiger partial charge is 0.478 e. The molecule has 0 aliphatic heterocycles. The molecule has 15 heavy (non-hydrogen) atoms. The second-order valence-electron chi connectivity index (χ2n) is 3.17. The van der Waals surface area contributed by atoms with Crippen molar-refractivity contribution < 1.29 is 9.90 Å². The van der Waals surface area contributed by atoms with Gasteiger partial charge in [-0.25, -0.2) is 4.79 Å². The zero-order valence-corrected chi connectivity index (χ0v) is 9.30. The first-order valence-corrected chi connectivity index (χ1v) is 5.40. The lowest BCUT2D eigenvalue weighted by atomic mass is 10.2. The van der Waals surface area contributed by atoms with Crippen molar-refractivity contribution in [1.29, 1.82) is 0 Å². The van der Waals surface area contributed by atoms with Gasteiger partial charge in [0, 0.05) is 21.9 Å². The Kier molecular flexibility index (Phi) is 3.80. The number of carboxylic acids is 1. The molecule has 0 heterocycles. The maximum Gasteiger partial charge on any atom is 0.331 e. The van der Waals surface area contributed by atoms with E-state index in [1.165, 1.54) is 11.8 Å². The summed E-state index contributed by atoms with van der Waals surface area (Å²) < 4.78 is 0. The number of nitrogens with two attached hydrogens (primary N) is 1. The number of carboxylic acid groups (broad SMARTS) is 1. The highest BCUT2D eigenvalue weighted by Crippen LogP contribution is 2.27. The Morgan fingerprint density at radius 2 is 2.27 bits per heavy atom. The summed E-state index contributed by atoms with van der Waals surface area (Å²) in [6.45, 7) is 5.39. The molecular weight excluding hydrogens is 210 g/mol. The predicted octanol–water partition coefficient (Wildman–Crippen LogP) is 2.31. The molecule has 3 nitrogen and oxygen atoms in total. The van der Waals surface area contributed by atoms with Crippen molar-refractivity contribution in [3.8, 4) is 0 Å². The van der Waals surface area contributed by atoms with Crippen molar-refractivity contribution in [3.05, 3.63) is 35.9 Å². The zero-order chi connectivity index (χ0) is 11.4. The molecule has 0 saturated heterocycles. The third kappa shape index (κ3) is 3.02. The van der Waals surface area contributed by atoms with E-state index >= 15 is 0 Å². The average molecular weight is 223 g/mol. The second-order valence-corrected chi connectivity index (χ2v) is 4.18. The summed E-state index contributed by atoms with van der Waals surface area (Å²) in [7, 11) is 0. The van der Waals surface area contributed by atoms with Crippen LogP contribution in [0.4, 0.5) is 5.69 Å². The van der Waals surface area contributed by atoms with Gasteiger partial charge in [0.15, 0.2) is 0 Å². The first kappa shape index (κ1) is 11.7. The molecule has 1 aromatic rings. The minimum atomic E-state index is -0.955. The fourth-order valence-electron chi connectivity index (χ4n) is 1.01. The monoisotopic (exact) mass is 223 g/mol. The van der Waals surface area contributed by atoms with Crippen molar-refractivity contribution in [1.82, 2.24) is 0 Å². The summed E-state index contributed by atoms with van der Waals surface area (Å²) in [6.07, 6.45) is 0. The fourth-order valence-corrected chi connectivity index (χ4v) is 1.98. The molecule has 1 rings (SSSR count). The third-order valence-corrected chi connectivity index (χ3v) is 3.28. The van der Waals surface area contributed by atoms with Gasteiger partial charge >= 0.3 is 5.97 Å². The topological polar surface area (TPSA) is 63.3 Å². The number of thioether (sulfide) groups is 1. The van der Waals surface area contributed by atoms with Crippen molar-refractivity contribution in [2.75, 3.05) is 11.5 Å². The van der Waals surface area contributed by atoms with Gasteiger partial charge in [-0.2, -0.15) is 0 Å². The Hall–Kier alpha value is -1.42. The smallest absolute Gasteiger partial charge is 0.331 e. The van der Waals surface area contributed by atoms with Crippen LogP contribution in [-0.2, 0) is 4.79 Å². The van der Waals surface area contributed by atoms with Crippen molar-refractivity contribution in [2.24, 2.45) is 0 Å². The minimum Gasteiger partial charge on any atom is -0.478 e. The van der Waals surface area contributed by atoms with Crippen LogP contribution in [0.3, 0.4) is 0 Å². The summed E-state index contributed by atoms with van der Waals surface area (Å²) >= 11 is 1.44. The summed E-state index contributed by atoms with van der Waals surface area (Å²) in [6, 6.07) is 5.60. The number of rotatable bonds is 4. The van der Waals surface area contributed by atoms with E-state index in [2.05, 4.69) is 6.58 Å². The molecule has 0 atom stereocenters. The lowest BCUT2D eigenvalue weighted by Crippen LogP contribution is -2.01. The molecule has 0 unspecified atom stereocenters. The van der Waals surface area contributed by atoms with Crippen molar-refractivity contribution in [3.63, 3.8) is 0 Å². The Labute approximate surface area is 93.0 Å². The molecule has 0 fully saturated rings. The summed E-state index contributed by atoms with van der Waals surface area (Å²) in [5, 5.41) is 8.65. The van der Waals surface area contributed by atoms with E-state index < -0.39 is 5.97 Å². The Bertz CT molecular complexity index is 402. The van der Waals surface area contributed by atoms with Crippen molar-refractivity contribution in [2.45, 2.75) is 11.8 Å². The molecule has 4 heteroatoms. The van der Waals surface area contributed by atoms with Crippen LogP contribution >= 0.6 is 11.8 Å². The highest BCUT2D eigenvalue weighted by Gasteiger charge is 2.06. The summed E-state index contributed by atoms with van der Waals surface area (Å²) in [5.74, 6) is -0.580. The summed E-state index contributed by atoms with van der Waals surface area (Å²) in [5.41, 5.74) is 7.64. The van der Waals surface area contributed by atoms with E-state index in [0.717, 1.165) is 16.1 Å². The van der Waals surface area contributed by atoms with E-state index in [4.69, 9.17) is 10.8 Å². The minimum absolute atomic E-state index is 0.196. The molecule has 0 saturated carbocycles. The molecule has 3 N–H and O–H groups in total. The molecule has 0 aromatic heterocycles. The van der Waals surface area contributed by atoms with Crippen LogP contribution in [0.25, 0.3) is 0 Å². The van der Waals surface area contributed by atoms with Crippen molar-refractivity contribution >= 4 is 23.4 Å². The van der Waals surface area contributed by atoms with E-state index in [1.54, 1.807) is 0 Å².